The Balaban J connectivity index is 1.15. The summed E-state index contributed by atoms with van der Waals surface area (Å²) in [6.45, 7) is 4.64. The molecule has 0 unspecified atom stereocenters. The van der Waals surface area contributed by atoms with Gasteiger partial charge >= 0.3 is 0 Å². The van der Waals surface area contributed by atoms with Crippen LogP contribution in [0.15, 0.2) is 162 Å². The van der Waals surface area contributed by atoms with Gasteiger partial charge in [-0.15, -0.1) is 11.3 Å². The zero-order valence-electron chi connectivity index (χ0n) is 29.2. The molecule has 1 aliphatic carbocycles. The van der Waals surface area contributed by atoms with Crippen molar-refractivity contribution in [3.05, 3.63) is 169 Å². The molecule has 3 heterocycles. The van der Waals surface area contributed by atoms with Crippen LogP contribution in [-0.2, 0) is 5.41 Å². The van der Waals surface area contributed by atoms with Gasteiger partial charge in [0.1, 0.15) is 11.2 Å². The third-order valence-corrected chi connectivity index (χ3v) is 12.3. The number of rotatable bonds is 4. The van der Waals surface area contributed by atoms with E-state index in [1.165, 1.54) is 43.6 Å². The van der Waals surface area contributed by atoms with Gasteiger partial charge in [-0.1, -0.05) is 141 Å². The molecule has 3 aromatic heterocycles. The molecule has 4 heteroatoms. The number of benzene rings is 7. The molecule has 0 saturated carbocycles. The summed E-state index contributed by atoms with van der Waals surface area (Å²) in [5.74, 6) is 0.730. The first kappa shape index (κ1) is 30.3. The standard InChI is InChI=1S/C49H32N2OS/c1-49(2)39-20-10-8-17-34(39)35-25-23-31(28-40(35)49)48-50-45-36-18-9-11-22-43(36)53-47(45)46(51-48)37-19-12-21-42-44(37)38-27-30(24-26-41(38)52-42)33-16-7-6-15-32(33)29-13-4-3-5-14-29/h3-28H,1-2H3. The van der Waals surface area contributed by atoms with E-state index < -0.39 is 0 Å². The number of furan rings is 1. The third-order valence-electron chi connectivity index (χ3n) is 11.1. The van der Waals surface area contributed by atoms with E-state index >= 15 is 0 Å². The minimum Gasteiger partial charge on any atom is -0.456 e. The van der Waals surface area contributed by atoms with Crippen LogP contribution in [0.4, 0.5) is 0 Å². The Bertz CT molecular complexity index is 3100. The first-order chi connectivity index (χ1) is 26.0. The molecule has 0 atom stereocenters. The predicted octanol–water partition coefficient (Wildman–Crippen LogP) is 13.7. The number of hydrogen-bond donors (Lipinski definition) is 0. The zero-order valence-corrected chi connectivity index (χ0v) is 30.0. The van der Waals surface area contributed by atoms with Crippen LogP contribution in [-0.4, -0.2) is 9.97 Å². The van der Waals surface area contributed by atoms with Crippen molar-refractivity contribution in [3.8, 4) is 56.0 Å². The van der Waals surface area contributed by atoms with Gasteiger partial charge in [0.15, 0.2) is 5.82 Å². The lowest BCUT2D eigenvalue weighted by molar-refractivity contribution is 0.660. The lowest BCUT2D eigenvalue weighted by atomic mass is 9.82. The van der Waals surface area contributed by atoms with E-state index in [0.717, 1.165) is 65.8 Å². The van der Waals surface area contributed by atoms with E-state index in [-0.39, 0.29) is 5.41 Å². The molecule has 0 aliphatic heterocycles. The Morgan fingerprint density at radius 3 is 2.06 bits per heavy atom. The van der Waals surface area contributed by atoms with E-state index in [0.29, 0.717) is 0 Å². The summed E-state index contributed by atoms with van der Waals surface area (Å²) in [5, 5.41) is 3.29. The number of fused-ring (bicyclic) bond motifs is 9. The second-order valence-corrected chi connectivity index (χ2v) is 15.6. The highest BCUT2D eigenvalue weighted by Crippen LogP contribution is 2.50. The van der Waals surface area contributed by atoms with Gasteiger partial charge in [0.2, 0.25) is 0 Å². The maximum Gasteiger partial charge on any atom is 0.160 e. The average molecular weight is 697 g/mol. The smallest absolute Gasteiger partial charge is 0.160 e. The second-order valence-electron chi connectivity index (χ2n) is 14.5. The second kappa shape index (κ2) is 11.3. The largest absolute Gasteiger partial charge is 0.456 e. The monoisotopic (exact) mass is 696 g/mol. The Kier molecular flexibility index (Phi) is 6.47. The highest BCUT2D eigenvalue weighted by molar-refractivity contribution is 7.26. The summed E-state index contributed by atoms with van der Waals surface area (Å²) >= 11 is 1.76. The van der Waals surface area contributed by atoms with Crippen molar-refractivity contribution in [1.82, 2.24) is 9.97 Å². The number of aromatic nitrogens is 2. The van der Waals surface area contributed by atoms with Crippen molar-refractivity contribution in [2.75, 3.05) is 0 Å². The van der Waals surface area contributed by atoms with Crippen molar-refractivity contribution in [3.63, 3.8) is 0 Å². The zero-order chi connectivity index (χ0) is 35.3. The molecule has 7 aromatic carbocycles. The Morgan fingerprint density at radius 2 is 1.19 bits per heavy atom. The highest BCUT2D eigenvalue weighted by Gasteiger charge is 2.35. The SMILES string of the molecule is CC1(C)c2ccccc2-c2ccc(-c3nc(-c4cccc5oc6ccc(-c7ccccc7-c7ccccc7)cc6c45)c4sc5ccccc5c4n3)cc21. The summed E-state index contributed by atoms with van der Waals surface area (Å²) in [5.41, 5.74) is 15.5. The predicted molar refractivity (Wildman–Crippen MR) is 222 cm³/mol. The van der Waals surface area contributed by atoms with Gasteiger partial charge < -0.3 is 4.42 Å². The number of nitrogens with zero attached hydrogens (tertiary/aromatic N) is 2. The van der Waals surface area contributed by atoms with Gasteiger partial charge in [0.25, 0.3) is 0 Å². The third kappa shape index (κ3) is 4.52. The fourth-order valence-electron chi connectivity index (χ4n) is 8.54. The molecule has 1 aliphatic rings. The molecule has 250 valence electrons. The normalized spacial score (nSPS) is 13.2. The van der Waals surface area contributed by atoms with Crippen LogP contribution in [0.5, 0.6) is 0 Å². The van der Waals surface area contributed by atoms with Crippen LogP contribution in [0, 0.1) is 0 Å². The molecule has 3 nitrogen and oxygen atoms in total. The molecule has 0 amide bonds. The van der Waals surface area contributed by atoms with E-state index in [2.05, 4.69) is 172 Å². The molecular weight excluding hydrogens is 665 g/mol. The molecule has 0 spiro atoms. The molecular formula is C49H32N2OS. The fourth-order valence-corrected chi connectivity index (χ4v) is 9.69. The number of thiophene rings is 1. The van der Waals surface area contributed by atoms with Gasteiger partial charge in [-0.3, -0.25) is 0 Å². The van der Waals surface area contributed by atoms with Crippen LogP contribution in [0.1, 0.15) is 25.0 Å². The van der Waals surface area contributed by atoms with Crippen LogP contribution >= 0.6 is 11.3 Å². The van der Waals surface area contributed by atoms with Gasteiger partial charge in [-0.25, -0.2) is 9.97 Å². The van der Waals surface area contributed by atoms with Crippen molar-refractivity contribution in [1.29, 1.82) is 0 Å². The summed E-state index contributed by atoms with van der Waals surface area (Å²) in [7, 11) is 0. The minimum atomic E-state index is -0.123. The Labute approximate surface area is 310 Å². The molecule has 0 radical (unpaired) electrons. The summed E-state index contributed by atoms with van der Waals surface area (Å²) in [4.78, 5) is 10.8. The van der Waals surface area contributed by atoms with Crippen molar-refractivity contribution in [2.24, 2.45) is 0 Å². The number of hydrogen-bond acceptors (Lipinski definition) is 4. The Hall–Kier alpha value is -6.36. The minimum absolute atomic E-state index is 0.123. The van der Waals surface area contributed by atoms with Crippen LogP contribution < -0.4 is 0 Å². The van der Waals surface area contributed by atoms with Gasteiger partial charge in [-0.2, -0.15) is 0 Å². The van der Waals surface area contributed by atoms with E-state index in [1.807, 2.05) is 0 Å². The van der Waals surface area contributed by atoms with Gasteiger partial charge in [-0.05, 0) is 74.8 Å². The van der Waals surface area contributed by atoms with Crippen molar-refractivity contribution < 1.29 is 4.42 Å². The molecule has 10 aromatic rings. The quantitative estimate of drug-likeness (QED) is 0.184. The lowest BCUT2D eigenvalue weighted by Gasteiger charge is -2.21. The molecule has 0 saturated heterocycles. The Morgan fingerprint density at radius 1 is 0.491 bits per heavy atom. The first-order valence-electron chi connectivity index (χ1n) is 18.1. The summed E-state index contributed by atoms with van der Waals surface area (Å²) < 4.78 is 8.85. The topological polar surface area (TPSA) is 38.9 Å². The highest BCUT2D eigenvalue weighted by atomic mass is 32.1. The van der Waals surface area contributed by atoms with E-state index in [1.54, 1.807) is 11.3 Å². The van der Waals surface area contributed by atoms with Gasteiger partial charge in [0, 0.05) is 37.4 Å². The maximum atomic E-state index is 6.57. The lowest BCUT2D eigenvalue weighted by Crippen LogP contribution is -2.15. The van der Waals surface area contributed by atoms with Crippen molar-refractivity contribution >= 4 is 53.6 Å². The van der Waals surface area contributed by atoms with Crippen LogP contribution in [0.3, 0.4) is 0 Å². The molecule has 0 fully saturated rings. The summed E-state index contributed by atoms with van der Waals surface area (Å²) in [6.07, 6.45) is 0. The van der Waals surface area contributed by atoms with E-state index in [4.69, 9.17) is 14.4 Å². The van der Waals surface area contributed by atoms with Crippen molar-refractivity contribution in [2.45, 2.75) is 19.3 Å². The molecule has 53 heavy (non-hydrogen) atoms. The maximum absolute atomic E-state index is 6.57. The van der Waals surface area contributed by atoms with Gasteiger partial charge in [0.05, 0.1) is 15.9 Å². The fraction of sp³-hybridized carbons (Fsp3) is 0.0612. The van der Waals surface area contributed by atoms with E-state index in [9.17, 15) is 0 Å². The molecule has 0 N–H and O–H groups in total. The first-order valence-corrected chi connectivity index (χ1v) is 18.9. The average Bonchev–Trinajstić information content (AvgIpc) is 3.85. The van der Waals surface area contributed by atoms with Crippen LogP contribution in [0.2, 0.25) is 0 Å². The van der Waals surface area contributed by atoms with Crippen LogP contribution in [0.25, 0.3) is 98.3 Å². The molecule has 0 bridgehead atoms. The summed E-state index contributed by atoms with van der Waals surface area (Å²) in [6, 6.07) is 56.3. The molecule has 11 rings (SSSR count).